The van der Waals surface area contributed by atoms with Crippen molar-refractivity contribution in [2.45, 2.75) is 13.5 Å². The van der Waals surface area contributed by atoms with Crippen molar-refractivity contribution in [3.63, 3.8) is 0 Å². The average molecular weight is 362 g/mol. The lowest BCUT2D eigenvalue weighted by Gasteiger charge is -2.21. The SMILES string of the molecule is CCN(Cc1ccccc1)c1cnc(C(=O)Nc2ccc(OC)cc2)cn1. The molecule has 0 bridgehead atoms. The van der Waals surface area contributed by atoms with Crippen molar-refractivity contribution in [1.82, 2.24) is 9.97 Å². The van der Waals surface area contributed by atoms with Crippen molar-refractivity contribution in [1.29, 1.82) is 0 Å². The Kier molecular flexibility index (Phi) is 5.99. The molecule has 0 unspecified atom stereocenters. The maximum absolute atomic E-state index is 12.4. The van der Waals surface area contributed by atoms with Gasteiger partial charge < -0.3 is 15.0 Å². The largest absolute Gasteiger partial charge is 0.497 e. The molecule has 1 aromatic heterocycles. The molecule has 6 heteroatoms. The van der Waals surface area contributed by atoms with Gasteiger partial charge in [0, 0.05) is 18.8 Å². The van der Waals surface area contributed by atoms with E-state index in [-0.39, 0.29) is 11.6 Å². The number of rotatable bonds is 7. The van der Waals surface area contributed by atoms with Gasteiger partial charge in [-0.2, -0.15) is 0 Å². The van der Waals surface area contributed by atoms with E-state index in [1.165, 1.54) is 11.8 Å². The number of nitrogens with zero attached hydrogens (tertiary/aromatic N) is 3. The van der Waals surface area contributed by atoms with Crippen LogP contribution in [0, 0.1) is 0 Å². The van der Waals surface area contributed by atoms with Crippen molar-refractivity contribution < 1.29 is 9.53 Å². The number of hydrogen-bond donors (Lipinski definition) is 1. The third-order valence-corrected chi connectivity index (χ3v) is 4.14. The van der Waals surface area contributed by atoms with Crippen LogP contribution in [-0.2, 0) is 6.54 Å². The number of anilines is 2. The van der Waals surface area contributed by atoms with E-state index in [4.69, 9.17) is 4.74 Å². The van der Waals surface area contributed by atoms with Gasteiger partial charge in [0.15, 0.2) is 0 Å². The van der Waals surface area contributed by atoms with E-state index in [1.54, 1.807) is 37.6 Å². The van der Waals surface area contributed by atoms with Gasteiger partial charge >= 0.3 is 0 Å². The predicted octanol–water partition coefficient (Wildman–Crippen LogP) is 3.76. The van der Waals surface area contributed by atoms with E-state index in [0.29, 0.717) is 5.69 Å². The Morgan fingerprint density at radius 1 is 1.04 bits per heavy atom. The lowest BCUT2D eigenvalue weighted by Crippen LogP contribution is -2.24. The summed E-state index contributed by atoms with van der Waals surface area (Å²) in [5.74, 6) is 1.17. The lowest BCUT2D eigenvalue weighted by atomic mass is 10.2. The summed E-state index contributed by atoms with van der Waals surface area (Å²) in [5, 5.41) is 2.80. The molecule has 0 spiro atoms. The molecular weight excluding hydrogens is 340 g/mol. The van der Waals surface area contributed by atoms with Crippen molar-refractivity contribution >= 4 is 17.4 Å². The molecule has 0 aliphatic rings. The maximum atomic E-state index is 12.4. The summed E-state index contributed by atoms with van der Waals surface area (Å²) in [4.78, 5) is 23.2. The second-order valence-electron chi connectivity index (χ2n) is 5.94. The molecule has 0 fully saturated rings. The number of methoxy groups -OCH3 is 1. The highest BCUT2D eigenvalue weighted by atomic mass is 16.5. The number of amides is 1. The van der Waals surface area contributed by atoms with Gasteiger partial charge in [-0.15, -0.1) is 0 Å². The highest BCUT2D eigenvalue weighted by Crippen LogP contribution is 2.17. The van der Waals surface area contributed by atoms with E-state index in [0.717, 1.165) is 24.7 Å². The van der Waals surface area contributed by atoms with Crippen LogP contribution in [0.4, 0.5) is 11.5 Å². The minimum absolute atomic E-state index is 0.269. The molecule has 0 saturated carbocycles. The van der Waals surface area contributed by atoms with Gasteiger partial charge in [0.1, 0.15) is 17.3 Å². The Morgan fingerprint density at radius 3 is 2.37 bits per heavy atom. The van der Waals surface area contributed by atoms with Crippen LogP contribution in [0.1, 0.15) is 23.0 Å². The number of benzene rings is 2. The smallest absolute Gasteiger partial charge is 0.275 e. The van der Waals surface area contributed by atoms with Crippen molar-refractivity contribution in [2.75, 3.05) is 23.9 Å². The normalized spacial score (nSPS) is 10.3. The van der Waals surface area contributed by atoms with Crippen LogP contribution < -0.4 is 15.0 Å². The van der Waals surface area contributed by atoms with Gasteiger partial charge in [-0.3, -0.25) is 4.79 Å². The molecule has 3 aromatic rings. The summed E-state index contributed by atoms with van der Waals surface area (Å²) in [6.45, 7) is 3.60. The molecule has 0 aliphatic heterocycles. The number of carbonyl (C=O) groups excluding carboxylic acids is 1. The average Bonchev–Trinajstić information content (AvgIpc) is 2.73. The van der Waals surface area contributed by atoms with Crippen LogP contribution in [0.3, 0.4) is 0 Å². The highest BCUT2D eigenvalue weighted by molar-refractivity contribution is 6.02. The number of nitrogens with one attached hydrogen (secondary N) is 1. The molecule has 2 aromatic carbocycles. The summed E-state index contributed by atoms with van der Waals surface area (Å²) in [7, 11) is 1.60. The van der Waals surface area contributed by atoms with Crippen LogP contribution >= 0.6 is 0 Å². The zero-order chi connectivity index (χ0) is 19.1. The van der Waals surface area contributed by atoms with Crippen molar-refractivity contribution in [3.8, 4) is 5.75 Å². The Balaban J connectivity index is 1.66. The summed E-state index contributed by atoms with van der Waals surface area (Å²) >= 11 is 0. The first-order chi connectivity index (χ1) is 13.2. The van der Waals surface area contributed by atoms with E-state index in [1.807, 2.05) is 18.2 Å². The predicted molar refractivity (Wildman–Crippen MR) is 106 cm³/mol. The van der Waals surface area contributed by atoms with Gasteiger partial charge in [-0.05, 0) is 36.8 Å². The third-order valence-electron chi connectivity index (χ3n) is 4.14. The fourth-order valence-electron chi connectivity index (χ4n) is 2.63. The van der Waals surface area contributed by atoms with Crippen LogP contribution in [0.2, 0.25) is 0 Å². The van der Waals surface area contributed by atoms with Gasteiger partial charge in [0.05, 0.1) is 19.5 Å². The minimum atomic E-state index is -0.301. The second kappa shape index (κ2) is 8.80. The van der Waals surface area contributed by atoms with Crippen molar-refractivity contribution in [2.24, 2.45) is 0 Å². The number of carbonyl (C=O) groups is 1. The first-order valence-electron chi connectivity index (χ1n) is 8.76. The first-order valence-corrected chi connectivity index (χ1v) is 8.76. The molecule has 0 aliphatic carbocycles. The third kappa shape index (κ3) is 4.82. The van der Waals surface area contributed by atoms with Gasteiger partial charge in [0.25, 0.3) is 5.91 Å². The van der Waals surface area contributed by atoms with Gasteiger partial charge in [-0.1, -0.05) is 30.3 Å². The fraction of sp³-hybridized carbons (Fsp3) is 0.190. The lowest BCUT2D eigenvalue weighted by molar-refractivity contribution is 0.102. The summed E-state index contributed by atoms with van der Waals surface area (Å²) in [6, 6.07) is 17.3. The maximum Gasteiger partial charge on any atom is 0.275 e. The number of hydrogen-bond acceptors (Lipinski definition) is 5. The van der Waals surface area contributed by atoms with Crippen LogP contribution in [-0.4, -0.2) is 29.5 Å². The Morgan fingerprint density at radius 2 is 1.78 bits per heavy atom. The minimum Gasteiger partial charge on any atom is -0.497 e. The van der Waals surface area contributed by atoms with Gasteiger partial charge in [0.2, 0.25) is 0 Å². The quantitative estimate of drug-likeness (QED) is 0.693. The molecule has 6 nitrogen and oxygen atoms in total. The number of ether oxygens (including phenoxy) is 1. The molecule has 1 N–H and O–H groups in total. The highest BCUT2D eigenvalue weighted by Gasteiger charge is 2.12. The molecule has 0 radical (unpaired) electrons. The fourth-order valence-corrected chi connectivity index (χ4v) is 2.63. The summed E-state index contributed by atoms with van der Waals surface area (Å²) < 4.78 is 5.11. The van der Waals surface area contributed by atoms with E-state index in [2.05, 4.69) is 39.2 Å². The second-order valence-corrected chi connectivity index (χ2v) is 5.94. The van der Waals surface area contributed by atoms with E-state index < -0.39 is 0 Å². The topological polar surface area (TPSA) is 67.4 Å². The van der Waals surface area contributed by atoms with Gasteiger partial charge in [-0.25, -0.2) is 9.97 Å². The van der Waals surface area contributed by atoms with Crippen LogP contribution in [0.5, 0.6) is 5.75 Å². The Hall–Kier alpha value is -3.41. The Bertz CT molecular complexity index is 865. The molecule has 3 rings (SSSR count). The van der Waals surface area contributed by atoms with Crippen LogP contribution in [0.15, 0.2) is 67.0 Å². The zero-order valence-corrected chi connectivity index (χ0v) is 15.4. The summed E-state index contributed by atoms with van der Waals surface area (Å²) in [5.41, 5.74) is 2.14. The molecule has 0 atom stereocenters. The molecule has 138 valence electrons. The standard InChI is InChI=1S/C21H22N4O2/c1-3-25(15-16-7-5-4-6-8-16)20-14-22-19(13-23-20)21(26)24-17-9-11-18(27-2)12-10-17/h4-14H,3,15H2,1-2H3,(H,24,26). The number of aromatic nitrogens is 2. The zero-order valence-electron chi connectivity index (χ0n) is 15.4. The van der Waals surface area contributed by atoms with Crippen LogP contribution in [0.25, 0.3) is 0 Å². The van der Waals surface area contributed by atoms with Crippen molar-refractivity contribution in [3.05, 3.63) is 78.2 Å². The Labute approximate surface area is 158 Å². The molecular formula is C21H22N4O2. The molecule has 0 saturated heterocycles. The first kappa shape index (κ1) is 18.4. The summed E-state index contributed by atoms with van der Waals surface area (Å²) in [6.07, 6.45) is 3.14. The monoisotopic (exact) mass is 362 g/mol. The molecule has 27 heavy (non-hydrogen) atoms. The van der Waals surface area contributed by atoms with E-state index in [9.17, 15) is 4.79 Å². The van der Waals surface area contributed by atoms with E-state index >= 15 is 0 Å². The molecule has 1 amide bonds. The molecule has 1 heterocycles.